The molecule has 4 aromatic rings. The van der Waals surface area contributed by atoms with Gasteiger partial charge in [0, 0.05) is 48.3 Å². The van der Waals surface area contributed by atoms with E-state index < -0.39 is 6.85 Å². The maximum absolute atomic E-state index is 8.11. The molecule has 179 valence electrons. The Hall–Kier alpha value is -3.33. The molecule has 1 aliphatic heterocycles. The van der Waals surface area contributed by atoms with Crippen LogP contribution in [0.15, 0.2) is 106 Å². The molecule has 2 aromatic carbocycles. The van der Waals surface area contributed by atoms with E-state index in [9.17, 15) is 0 Å². The Morgan fingerprint density at radius 1 is 0.943 bits per heavy atom. The van der Waals surface area contributed by atoms with Gasteiger partial charge in [0.1, 0.15) is 5.58 Å². The minimum Gasteiger partial charge on any atom is -0.508 e. The molecule has 0 amide bonds. The van der Waals surface area contributed by atoms with Gasteiger partial charge >= 0.3 is 0 Å². The molecular weight excluding hydrogens is 609 g/mol. The first kappa shape index (κ1) is 19.9. The summed E-state index contributed by atoms with van der Waals surface area (Å²) in [6.45, 7) is 1.72. The number of fused-ring (bicyclic) bond motifs is 1. The topological polar surface area (TPSA) is 38.4 Å². The van der Waals surface area contributed by atoms with E-state index in [1.54, 1.807) is 12.1 Å². The summed E-state index contributed by atoms with van der Waals surface area (Å²) in [5, 5.41) is 0.885. The average molecular weight is 642 g/mol. The average Bonchev–Trinajstić information content (AvgIpc) is 3.01. The molecule has 0 unspecified atom stereocenters. The van der Waals surface area contributed by atoms with Crippen LogP contribution < -0.4 is 0 Å². The van der Waals surface area contributed by atoms with Crippen molar-refractivity contribution < 1.29 is 31.4 Å². The van der Waals surface area contributed by atoms with Crippen molar-refractivity contribution in [3.05, 3.63) is 126 Å². The van der Waals surface area contributed by atoms with Crippen LogP contribution in [0.5, 0.6) is 0 Å². The van der Waals surface area contributed by atoms with Gasteiger partial charge in [0.25, 0.3) is 0 Å². The fourth-order valence-electron chi connectivity index (χ4n) is 3.27. The molecule has 3 heterocycles. The van der Waals surface area contributed by atoms with E-state index in [-0.39, 0.29) is 43.4 Å². The van der Waals surface area contributed by atoms with Gasteiger partial charge in [-0.3, -0.25) is 0 Å². The second-order valence-electron chi connectivity index (χ2n) is 7.96. The molecule has 35 heavy (non-hydrogen) atoms. The fraction of sp³-hybridized carbons (Fsp3) is 0.161. The summed E-state index contributed by atoms with van der Waals surface area (Å²) in [7, 11) is 0. The number of aliphatic imine (C=N–C) groups is 1. The molecule has 0 atom stereocenters. The zero-order valence-corrected chi connectivity index (χ0v) is 22.0. The number of rotatable bonds is 2. The number of pyridine rings is 1. The van der Waals surface area contributed by atoms with Gasteiger partial charge in [-0.1, -0.05) is 54.4 Å². The summed E-state index contributed by atoms with van der Waals surface area (Å²) < 4.78 is 44.0. The normalized spacial score (nSPS) is 14.7. The number of para-hydroxylation sites is 1. The Kier molecular flexibility index (Phi) is 7.37. The molecular formula is C31H28IrN2O-2. The number of nitrogens with zero attached hydrogens (tertiary/aromatic N) is 2. The van der Waals surface area contributed by atoms with E-state index >= 15 is 0 Å². The maximum atomic E-state index is 8.11. The summed E-state index contributed by atoms with van der Waals surface area (Å²) in [5.74, 6) is 0. The second-order valence-corrected chi connectivity index (χ2v) is 7.96. The second kappa shape index (κ2) is 12.9. The number of aryl methyl sites for hydroxylation is 2. The van der Waals surface area contributed by atoms with Crippen LogP contribution in [0.2, 0.25) is 0 Å². The number of hydrogen-bond acceptors (Lipinski definition) is 3. The molecule has 0 saturated carbocycles. The summed E-state index contributed by atoms with van der Waals surface area (Å²) >= 11 is 0. The van der Waals surface area contributed by atoms with Crippen LogP contribution in [0.25, 0.3) is 22.2 Å². The van der Waals surface area contributed by atoms with E-state index in [1.807, 2.05) is 42.6 Å². The molecule has 1 radical (unpaired) electrons. The van der Waals surface area contributed by atoms with Gasteiger partial charge in [-0.05, 0) is 49.7 Å². The zero-order chi connectivity index (χ0) is 28.0. The van der Waals surface area contributed by atoms with E-state index in [0.29, 0.717) is 11.1 Å². The molecule has 0 fully saturated rings. The van der Waals surface area contributed by atoms with E-state index in [0.717, 1.165) is 35.7 Å². The Morgan fingerprint density at radius 3 is 2.57 bits per heavy atom. The molecule has 5 rings (SSSR count). The maximum Gasteiger partial charge on any atom is 0.120 e. The largest absolute Gasteiger partial charge is 0.508 e. The van der Waals surface area contributed by atoms with Crippen LogP contribution in [0.1, 0.15) is 43.3 Å². The summed E-state index contributed by atoms with van der Waals surface area (Å²) in [5.41, 5.74) is 5.79. The van der Waals surface area contributed by atoms with Gasteiger partial charge in [-0.15, -0.1) is 53.6 Å². The summed E-state index contributed by atoms with van der Waals surface area (Å²) in [6, 6.07) is 24.5. The molecule has 0 aliphatic carbocycles. The van der Waals surface area contributed by atoms with Crippen LogP contribution in [-0.2, 0) is 20.1 Å². The van der Waals surface area contributed by atoms with Crippen LogP contribution in [-0.4, -0.2) is 10.7 Å². The van der Waals surface area contributed by atoms with Crippen molar-refractivity contribution in [1.82, 2.24) is 4.98 Å². The Bertz CT molecular complexity index is 1590. The van der Waals surface area contributed by atoms with Gasteiger partial charge in [0.05, 0.1) is 2.74 Å². The monoisotopic (exact) mass is 642 g/mol. The Labute approximate surface area is 228 Å². The van der Waals surface area contributed by atoms with Crippen LogP contribution >= 0.6 is 0 Å². The number of benzene rings is 2. The quantitative estimate of drug-likeness (QED) is 0.208. The standard InChI is InChI=1S/C18H14NO.C13H14N.Ir/c1-14-10-11-17(19-12-14)16-8-3-2-6-15-7-4-5-9-18(15)20-13-16;1-10-3-6-12(7-4-10)13-8-5-11(2)9-14-13;/h2-7,9-13H,1H3;3-4,6,9H,5,8H2,1-2H3;/q2*-1;/i1D3,10D,11D;;. The molecule has 2 aromatic heterocycles. The van der Waals surface area contributed by atoms with Crippen molar-refractivity contribution in [2.75, 3.05) is 0 Å². The van der Waals surface area contributed by atoms with E-state index in [1.165, 1.54) is 17.4 Å². The molecule has 0 N–H and O–H groups in total. The molecule has 0 saturated heterocycles. The number of allylic oxidation sites excluding steroid dienone is 1. The van der Waals surface area contributed by atoms with E-state index in [4.69, 9.17) is 11.3 Å². The Balaban J connectivity index is 0.000000250. The van der Waals surface area contributed by atoms with Gasteiger partial charge in [0.2, 0.25) is 0 Å². The first-order chi connectivity index (χ1) is 18.6. The van der Waals surface area contributed by atoms with Crippen molar-refractivity contribution in [2.45, 2.75) is 33.5 Å². The van der Waals surface area contributed by atoms with Crippen LogP contribution in [0.3, 0.4) is 0 Å². The van der Waals surface area contributed by atoms with Crippen molar-refractivity contribution in [2.24, 2.45) is 4.99 Å². The van der Waals surface area contributed by atoms with Crippen molar-refractivity contribution in [3.8, 4) is 11.3 Å². The minimum absolute atomic E-state index is 0. The van der Waals surface area contributed by atoms with Crippen molar-refractivity contribution in [1.29, 1.82) is 0 Å². The molecule has 0 bridgehead atoms. The Morgan fingerprint density at radius 2 is 1.80 bits per heavy atom. The first-order valence-corrected chi connectivity index (χ1v) is 11.0. The van der Waals surface area contributed by atoms with Crippen LogP contribution in [0, 0.1) is 25.9 Å². The third kappa shape index (κ3) is 7.58. The fourth-order valence-corrected chi connectivity index (χ4v) is 3.27. The smallest absolute Gasteiger partial charge is 0.120 e. The summed E-state index contributed by atoms with van der Waals surface area (Å²) in [6.07, 6.45) is 6.65. The molecule has 1 aliphatic rings. The first-order valence-electron chi connectivity index (χ1n) is 13.5. The van der Waals surface area contributed by atoms with Gasteiger partial charge in [-0.25, -0.2) is 0 Å². The zero-order valence-electron chi connectivity index (χ0n) is 24.6. The SMILES string of the molecule is CC1=CN=C(c2[c-]cc(C)cc2)CC1.[2H]c1c(C([2H])([2H])[2H])cnc(-c2[c-]cccc3ccccc3oc2)c1[2H].[Ir]. The molecule has 3 nitrogen and oxygen atoms in total. The van der Waals surface area contributed by atoms with Crippen molar-refractivity contribution in [3.63, 3.8) is 0 Å². The predicted molar refractivity (Wildman–Crippen MR) is 140 cm³/mol. The van der Waals surface area contributed by atoms with Crippen molar-refractivity contribution >= 4 is 16.7 Å². The summed E-state index contributed by atoms with van der Waals surface area (Å²) in [4.78, 5) is 8.50. The van der Waals surface area contributed by atoms with Crippen LogP contribution in [0.4, 0.5) is 0 Å². The predicted octanol–water partition coefficient (Wildman–Crippen LogP) is 8.01. The van der Waals surface area contributed by atoms with Gasteiger partial charge in [0.15, 0.2) is 0 Å². The van der Waals surface area contributed by atoms with Gasteiger partial charge < -0.3 is 14.4 Å². The number of aromatic nitrogens is 1. The van der Waals surface area contributed by atoms with Gasteiger partial charge in [-0.2, -0.15) is 0 Å². The molecule has 0 spiro atoms. The third-order valence-electron chi connectivity index (χ3n) is 5.20. The molecule has 4 heteroatoms. The third-order valence-corrected chi connectivity index (χ3v) is 5.20. The van der Waals surface area contributed by atoms with E-state index in [2.05, 4.69) is 48.1 Å². The minimum atomic E-state index is -2.48. The number of hydrogen-bond donors (Lipinski definition) is 0.